The van der Waals surface area contributed by atoms with Crippen LogP contribution in [0.3, 0.4) is 0 Å². The summed E-state index contributed by atoms with van der Waals surface area (Å²) >= 11 is 13.1. The lowest BCUT2D eigenvalue weighted by atomic mass is 9.96. The largest absolute Gasteiger partial charge is 0.467 e. The number of nitrogens with two attached hydrogens (primary N) is 1. The van der Waals surface area contributed by atoms with Crippen LogP contribution in [0.4, 0.5) is 20.3 Å². The molecule has 2 aromatic heterocycles. The minimum Gasteiger partial charge on any atom is -0.467 e. The molecule has 258 valence electrons. The van der Waals surface area contributed by atoms with Crippen LogP contribution in [0.5, 0.6) is 6.01 Å². The van der Waals surface area contributed by atoms with Crippen molar-refractivity contribution in [3.63, 3.8) is 0 Å². The van der Waals surface area contributed by atoms with Crippen molar-refractivity contribution in [1.29, 1.82) is 0 Å². The topological polar surface area (TPSA) is 115 Å². The third-order valence-corrected chi connectivity index (χ3v) is 10.3. The summed E-state index contributed by atoms with van der Waals surface area (Å²) in [5, 5.41) is 5.09. The van der Waals surface area contributed by atoms with E-state index in [1.807, 2.05) is 0 Å². The number of carbonyl (C=O) groups excluding carboxylic acids is 1. The molecule has 11 nitrogen and oxygen atoms in total. The van der Waals surface area contributed by atoms with Gasteiger partial charge in [-0.1, -0.05) is 23.2 Å². The van der Waals surface area contributed by atoms with Crippen LogP contribution in [-0.2, 0) is 30.9 Å². The number of carbonyl (C=O) groups is 1. The van der Waals surface area contributed by atoms with Gasteiger partial charge in [0, 0.05) is 57.3 Å². The van der Waals surface area contributed by atoms with Crippen LogP contribution in [0, 0.1) is 12.7 Å². The Labute approximate surface area is 288 Å². The first-order valence-corrected chi connectivity index (χ1v) is 16.8. The van der Waals surface area contributed by atoms with Gasteiger partial charge >= 0.3 is 6.01 Å². The van der Waals surface area contributed by atoms with E-state index in [9.17, 15) is 9.18 Å². The van der Waals surface area contributed by atoms with Gasteiger partial charge in [0.25, 0.3) is 5.91 Å². The van der Waals surface area contributed by atoms with Crippen molar-refractivity contribution in [3.8, 4) is 6.01 Å². The van der Waals surface area contributed by atoms with Gasteiger partial charge < -0.3 is 25.0 Å². The number of nitrogen functional groups attached to an aromatic ring is 1. The third-order valence-electron chi connectivity index (χ3n) is 9.40. The summed E-state index contributed by atoms with van der Waals surface area (Å²) in [7, 11) is 4.81. The SMILES string of the molecule is COc1nc2c(c(N3CCCn4nc(C(=O)N(C)C)c(Cl)c4C3)n1)COC(c1c(F)c(N)cc(C)c1Cl)C2.F/C=C1/CC2CCCN2C1. The molecule has 0 spiro atoms. The van der Waals surface area contributed by atoms with E-state index in [1.54, 1.807) is 25.7 Å². The van der Waals surface area contributed by atoms with Crippen molar-refractivity contribution in [2.45, 2.75) is 70.9 Å². The van der Waals surface area contributed by atoms with Gasteiger partial charge in [-0.3, -0.25) is 14.4 Å². The number of ether oxygens (including phenoxy) is 2. The number of halogens is 4. The Bertz CT molecular complexity index is 1710. The van der Waals surface area contributed by atoms with Crippen molar-refractivity contribution in [2.24, 2.45) is 0 Å². The number of anilines is 2. The van der Waals surface area contributed by atoms with Gasteiger partial charge in [0.05, 0.1) is 59.8 Å². The lowest BCUT2D eigenvalue weighted by molar-refractivity contribution is 0.0236. The first kappa shape index (κ1) is 34.3. The predicted molar refractivity (Wildman–Crippen MR) is 180 cm³/mol. The number of aromatic nitrogens is 4. The highest BCUT2D eigenvalue weighted by Crippen LogP contribution is 2.41. The third kappa shape index (κ3) is 6.57. The number of benzene rings is 1. The summed E-state index contributed by atoms with van der Waals surface area (Å²) in [6, 6.07) is 2.37. The number of nitrogens with zero attached hydrogens (tertiary/aromatic N) is 7. The standard InChI is InChI=1S/C25H28Cl2FN7O3.C8H12FN/c1-12-8-14(29)21(28)18(19(12)26)17-9-15-13(11-38-17)23(31-25(30-15)37-4)34-6-5-7-35-16(10-34)20(27)22(32-35)24(36)33(2)3;9-5-7-4-8-2-1-3-10(8)6-7/h8,17H,5-7,9-11,29H2,1-4H3;5,8H,1-4,6H2/b;7-5-. The summed E-state index contributed by atoms with van der Waals surface area (Å²) in [6.07, 6.45) is 4.68. The molecule has 3 aromatic rings. The lowest BCUT2D eigenvalue weighted by Crippen LogP contribution is -2.29. The number of aryl methyl sites for hydroxylation is 2. The van der Waals surface area contributed by atoms with E-state index in [2.05, 4.69) is 24.9 Å². The molecule has 2 fully saturated rings. The summed E-state index contributed by atoms with van der Waals surface area (Å²) in [5.41, 5.74) is 10.2. The molecular weight excluding hydrogens is 665 g/mol. The maximum Gasteiger partial charge on any atom is 0.318 e. The molecule has 48 heavy (non-hydrogen) atoms. The number of hydrogen-bond acceptors (Lipinski definition) is 9. The normalized spacial score (nSPS) is 21.2. The number of rotatable bonds is 4. The summed E-state index contributed by atoms with van der Waals surface area (Å²) in [6.45, 7) is 5.61. The second kappa shape index (κ2) is 14.1. The quantitative estimate of drug-likeness (QED) is 0.344. The highest BCUT2D eigenvalue weighted by atomic mass is 35.5. The smallest absolute Gasteiger partial charge is 0.318 e. The zero-order valence-corrected chi connectivity index (χ0v) is 29.0. The van der Waals surface area contributed by atoms with Gasteiger partial charge in [0.15, 0.2) is 11.5 Å². The lowest BCUT2D eigenvalue weighted by Gasteiger charge is -2.31. The molecule has 7 rings (SSSR count). The Hall–Kier alpha value is -3.52. The van der Waals surface area contributed by atoms with Crippen LogP contribution in [0.1, 0.15) is 70.4 Å². The molecule has 2 saturated heterocycles. The van der Waals surface area contributed by atoms with Gasteiger partial charge in [0.1, 0.15) is 5.82 Å². The van der Waals surface area contributed by atoms with Crippen LogP contribution < -0.4 is 15.4 Å². The summed E-state index contributed by atoms with van der Waals surface area (Å²) in [4.78, 5) is 27.7. The second-order valence-electron chi connectivity index (χ2n) is 12.8. The fourth-order valence-electron chi connectivity index (χ4n) is 6.93. The van der Waals surface area contributed by atoms with Crippen LogP contribution in [-0.4, -0.2) is 82.3 Å². The van der Waals surface area contributed by atoms with Crippen LogP contribution in [0.25, 0.3) is 0 Å². The maximum atomic E-state index is 15.0. The fraction of sp³-hybridized carbons (Fsp3) is 0.515. The van der Waals surface area contributed by atoms with Crippen LogP contribution in [0.2, 0.25) is 10.0 Å². The van der Waals surface area contributed by atoms with Crippen molar-refractivity contribution in [1.82, 2.24) is 29.5 Å². The zero-order valence-electron chi connectivity index (χ0n) is 27.5. The number of fused-ring (bicyclic) bond motifs is 3. The van der Waals surface area contributed by atoms with E-state index in [4.69, 9.17) is 38.4 Å². The molecule has 1 aromatic carbocycles. The zero-order chi connectivity index (χ0) is 34.3. The molecule has 2 unspecified atom stereocenters. The van der Waals surface area contributed by atoms with Gasteiger partial charge in [0.2, 0.25) is 0 Å². The van der Waals surface area contributed by atoms with Crippen molar-refractivity contribution in [3.05, 3.63) is 67.6 Å². The average Bonchev–Trinajstić information content (AvgIpc) is 3.72. The van der Waals surface area contributed by atoms with Crippen molar-refractivity contribution in [2.75, 3.05) is 51.5 Å². The fourth-order valence-corrected chi connectivity index (χ4v) is 7.46. The van der Waals surface area contributed by atoms with Crippen LogP contribution >= 0.6 is 23.2 Å². The monoisotopic (exact) mass is 704 g/mol. The van der Waals surface area contributed by atoms with E-state index in [-0.39, 0.29) is 46.9 Å². The molecule has 0 aliphatic carbocycles. The molecule has 1 amide bonds. The molecule has 0 radical (unpaired) electrons. The van der Waals surface area contributed by atoms with Gasteiger partial charge in [-0.2, -0.15) is 15.1 Å². The first-order valence-electron chi connectivity index (χ1n) is 16.0. The number of methoxy groups -OCH3 is 1. The Kier molecular flexibility index (Phi) is 10.1. The number of hydrogen-bond donors (Lipinski definition) is 1. The Morgan fingerprint density at radius 2 is 1.94 bits per heavy atom. The molecule has 4 aliphatic heterocycles. The highest BCUT2D eigenvalue weighted by molar-refractivity contribution is 6.34. The van der Waals surface area contributed by atoms with Gasteiger partial charge in [-0.25, -0.2) is 8.78 Å². The summed E-state index contributed by atoms with van der Waals surface area (Å²) in [5.74, 6) is -0.217. The molecule has 0 bridgehead atoms. The van der Waals surface area contributed by atoms with Gasteiger partial charge in [-0.05, 0) is 56.4 Å². The molecule has 0 saturated carbocycles. The highest BCUT2D eigenvalue weighted by Gasteiger charge is 2.34. The van der Waals surface area contributed by atoms with Crippen LogP contribution in [0.15, 0.2) is 18.0 Å². The molecule has 4 aliphatic rings. The Morgan fingerprint density at radius 1 is 1.15 bits per heavy atom. The van der Waals surface area contributed by atoms with Crippen molar-refractivity contribution >= 4 is 40.6 Å². The Balaban J connectivity index is 0.000000340. The summed E-state index contributed by atoms with van der Waals surface area (Å²) < 4.78 is 40.4. The Morgan fingerprint density at radius 3 is 2.65 bits per heavy atom. The van der Waals surface area contributed by atoms with Gasteiger partial charge in [-0.15, -0.1) is 0 Å². The van der Waals surface area contributed by atoms with E-state index < -0.39 is 11.9 Å². The average molecular weight is 706 g/mol. The second-order valence-corrected chi connectivity index (χ2v) is 13.6. The number of amides is 1. The van der Waals surface area contributed by atoms with E-state index >= 15 is 4.39 Å². The molecular formula is C33H40Cl2F2N8O3. The van der Waals surface area contributed by atoms with E-state index in [0.717, 1.165) is 42.5 Å². The minimum absolute atomic E-state index is 0.0161. The molecule has 2 atom stereocenters. The van der Waals surface area contributed by atoms with E-state index in [1.165, 1.54) is 37.5 Å². The maximum absolute atomic E-state index is 15.0. The first-order chi connectivity index (χ1) is 23.0. The molecule has 15 heteroatoms. The minimum atomic E-state index is -0.677. The molecule has 6 heterocycles. The van der Waals surface area contributed by atoms with Crippen molar-refractivity contribution < 1.29 is 23.0 Å². The molecule has 2 N–H and O–H groups in total. The van der Waals surface area contributed by atoms with E-state index in [0.29, 0.717) is 47.8 Å². The predicted octanol–water partition coefficient (Wildman–Crippen LogP) is 5.65.